The van der Waals surface area contributed by atoms with E-state index in [2.05, 4.69) is 13.0 Å². The molecular weight excluding hydrogens is 281 g/mol. The standard InChI is InChI=1S/C16H12FNS.C2H6/c1-10-12-5-3-7-15(17)14(12)9-19-16-11(8-18)4-2-6-13(10)16;1-2/h2-7,10H,9H2,1H3;1-2H3. The summed E-state index contributed by atoms with van der Waals surface area (Å²) in [6, 6.07) is 13.2. The van der Waals surface area contributed by atoms with Crippen LogP contribution in [0.3, 0.4) is 0 Å². The molecule has 0 saturated carbocycles. The molecule has 1 aliphatic rings. The minimum atomic E-state index is -0.150. The Morgan fingerprint density at radius 1 is 1.14 bits per heavy atom. The van der Waals surface area contributed by atoms with Gasteiger partial charge in [-0.1, -0.05) is 45.0 Å². The predicted molar refractivity (Wildman–Crippen MR) is 86.0 cm³/mol. The lowest BCUT2D eigenvalue weighted by Gasteiger charge is -2.15. The van der Waals surface area contributed by atoms with Gasteiger partial charge in [0, 0.05) is 22.1 Å². The second kappa shape index (κ2) is 6.78. The van der Waals surface area contributed by atoms with Crippen molar-refractivity contribution in [1.82, 2.24) is 0 Å². The highest BCUT2D eigenvalue weighted by molar-refractivity contribution is 7.98. The third-order valence-corrected chi connectivity index (χ3v) is 4.79. The number of nitriles is 1. The summed E-state index contributed by atoms with van der Waals surface area (Å²) >= 11 is 1.56. The summed E-state index contributed by atoms with van der Waals surface area (Å²) in [5.41, 5.74) is 3.59. The topological polar surface area (TPSA) is 23.8 Å². The molecule has 2 aromatic carbocycles. The Hall–Kier alpha value is -1.79. The maximum Gasteiger partial charge on any atom is 0.127 e. The maximum atomic E-state index is 14.0. The van der Waals surface area contributed by atoms with E-state index >= 15 is 0 Å². The Morgan fingerprint density at radius 3 is 2.52 bits per heavy atom. The highest BCUT2D eigenvalue weighted by Crippen LogP contribution is 2.42. The fraction of sp³-hybridized carbons (Fsp3) is 0.278. The monoisotopic (exact) mass is 299 g/mol. The van der Waals surface area contributed by atoms with Crippen LogP contribution >= 0.6 is 11.8 Å². The predicted octanol–water partition coefficient (Wildman–Crippen LogP) is 5.48. The lowest BCUT2D eigenvalue weighted by molar-refractivity contribution is 0.613. The van der Waals surface area contributed by atoms with Gasteiger partial charge in [0.05, 0.1) is 5.56 Å². The van der Waals surface area contributed by atoms with Crippen LogP contribution < -0.4 is 0 Å². The average molecular weight is 299 g/mol. The molecule has 1 nitrogen and oxygen atoms in total. The number of thioether (sulfide) groups is 1. The summed E-state index contributed by atoms with van der Waals surface area (Å²) < 4.78 is 14.0. The molecular formula is C18H18FNS. The van der Waals surface area contributed by atoms with Crippen molar-refractivity contribution in [3.63, 3.8) is 0 Å². The number of halogens is 1. The number of rotatable bonds is 0. The third kappa shape index (κ3) is 2.82. The van der Waals surface area contributed by atoms with E-state index in [1.54, 1.807) is 17.8 Å². The molecule has 1 unspecified atom stereocenters. The first-order chi connectivity index (χ1) is 10.2. The molecule has 1 heterocycles. The quantitative estimate of drug-likeness (QED) is 0.643. The molecule has 0 saturated heterocycles. The van der Waals surface area contributed by atoms with Gasteiger partial charge in [0.2, 0.25) is 0 Å². The first kappa shape index (κ1) is 15.6. The highest BCUT2D eigenvalue weighted by Gasteiger charge is 2.24. The van der Waals surface area contributed by atoms with Crippen LogP contribution in [0.15, 0.2) is 41.3 Å². The van der Waals surface area contributed by atoms with Crippen molar-refractivity contribution < 1.29 is 4.39 Å². The smallest absolute Gasteiger partial charge is 0.127 e. The Morgan fingerprint density at radius 2 is 1.81 bits per heavy atom. The van der Waals surface area contributed by atoms with E-state index in [9.17, 15) is 9.65 Å². The van der Waals surface area contributed by atoms with Crippen LogP contribution in [0.1, 0.15) is 48.9 Å². The van der Waals surface area contributed by atoms with Gasteiger partial charge >= 0.3 is 0 Å². The molecule has 0 radical (unpaired) electrons. The van der Waals surface area contributed by atoms with Gasteiger partial charge in [0.15, 0.2) is 0 Å². The zero-order chi connectivity index (χ0) is 15.4. The van der Waals surface area contributed by atoms with Crippen LogP contribution in [0, 0.1) is 17.1 Å². The Labute approximate surface area is 129 Å². The molecule has 0 bridgehead atoms. The number of fused-ring (bicyclic) bond motifs is 2. The lowest BCUT2D eigenvalue weighted by Crippen LogP contribution is -2.01. The third-order valence-electron chi connectivity index (χ3n) is 3.61. The minimum Gasteiger partial charge on any atom is -0.207 e. The summed E-state index contributed by atoms with van der Waals surface area (Å²) in [5, 5.41) is 9.21. The molecule has 3 heteroatoms. The van der Waals surface area contributed by atoms with E-state index in [4.69, 9.17) is 0 Å². The Balaban J connectivity index is 0.000000774. The zero-order valence-electron chi connectivity index (χ0n) is 12.5. The van der Waals surface area contributed by atoms with E-state index in [0.717, 1.165) is 21.6 Å². The molecule has 0 aliphatic carbocycles. The van der Waals surface area contributed by atoms with E-state index in [0.29, 0.717) is 11.3 Å². The summed E-state index contributed by atoms with van der Waals surface area (Å²) in [4.78, 5) is 0.994. The van der Waals surface area contributed by atoms with Crippen LogP contribution in [0.5, 0.6) is 0 Å². The number of benzene rings is 2. The first-order valence-corrected chi connectivity index (χ1v) is 8.14. The van der Waals surface area contributed by atoms with Gasteiger partial charge in [-0.2, -0.15) is 5.26 Å². The van der Waals surface area contributed by atoms with Gasteiger partial charge in [-0.15, -0.1) is 11.8 Å². The van der Waals surface area contributed by atoms with Gasteiger partial charge in [-0.05, 0) is 23.3 Å². The van der Waals surface area contributed by atoms with Crippen LogP contribution in [0.2, 0.25) is 0 Å². The highest BCUT2D eigenvalue weighted by atomic mass is 32.2. The van der Waals surface area contributed by atoms with Crippen molar-refractivity contribution in [2.45, 2.75) is 37.3 Å². The van der Waals surface area contributed by atoms with Crippen molar-refractivity contribution >= 4 is 11.8 Å². The van der Waals surface area contributed by atoms with E-state index in [-0.39, 0.29) is 11.7 Å². The van der Waals surface area contributed by atoms with Gasteiger partial charge < -0.3 is 0 Å². The molecule has 0 fully saturated rings. The minimum absolute atomic E-state index is 0.115. The van der Waals surface area contributed by atoms with Crippen LogP contribution in [0.25, 0.3) is 0 Å². The summed E-state index contributed by atoms with van der Waals surface area (Å²) in [7, 11) is 0. The average Bonchev–Trinajstić information content (AvgIpc) is 2.68. The van der Waals surface area contributed by atoms with Crippen LogP contribution in [-0.2, 0) is 5.75 Å². The van der Waals surface area contributed by atoms with Crippen molar-refractivity contribution in [2.75, 3.05) is 0 Å². The fourth-order valence-corrected chi connectivity index (χ4v) is 3.86. The molecule has 0 amide bonds. The SMILES string of the molecule is CC.CC1c2cccc(F)c2CSc2c(C#N)cccc21. The fourth-order valence-electron chi connectivity index (χ4n) is 2.59. The molecule has 1 atom stereocenters. The summed E-state index contributed by atoms with van der Waals surface area (Å²) in [6.45, 7) is 6.07. The molecule has 0 N–H and O–H groups in total. The second-order valence-corrected chi connectivity index (χ2v) is 5.64. The van der Waals surface area contributed by atoms with Crippen molar-refractivity contribution in [1.29, 1.82) is 5.26 Å². The summed E-state index contributed by atoms with van der Waals surface area (Å²) in [6.07, 6.45) is 0. The van der Waals surface area contributed by atoms with Crippen molar-refractivity contribution in [2.24, 2.45) is 0 Å². The molecule has 3 rings (SSSR count). The molecule has 1 aliphatic heterocycles. The van der Waals surface area contributed by atoms with Crippen LogP contribution in [-0.4, -0.2) is 0 Å². The Bertz CT molecular complexity index is 688. The van der Waals surface area contributed by atoms with E-state index in [1.807, 2.05) is 38.1 Å². The van der Waals surface area contributed by atoms with Crippen LogP contribution in [0.4, 0.5) is 4.39 Å². The largest absolute Gasteiger partial charge is 0.207 e. The van der Waals surface area contributed by atoms with E-state index < -0.39 is 0 Å². The molecule has 108 valence electrons. The maximum absolute atomic E-state index is 14.0. The number of nitrogens with zero attached hydrogens (tertiary/aromatic N) is 1. The number of hydrogen-bond donors (Lipinski definition) is 0. The van der Waals surface area contributed by atoms with Gasteiger partial charge in [-0.25, -0.2) is 4.39 Å². The van der Waals surface area contributed by atoms with Gasteiger partial charge in [0.25, 0.3) is 0 Å². The first-order valence-electron chi connectivity index (χ1n) is 7.15. The molecule has 0 aromatic heterocycles. The zero-order valence-corrected chi connectivity index (χ0v) is 13.3. The van der Waals surface area contributed by atoms with Gasteiger partial charge in [0.1, 0.15) is 11.9 Å². The van der Waals surface area contributed by atoms with Crippen molar-refractivity contribution in [3.8, 4) is 6.07 Å². The lowest BCUT2D eigenvalue weighted by atomic mass is 9.89. The molecule has 2 aromatic rings. The summed E-state index contributed by atoms with van der Waals surface area (Å²) in [5.74, 6) is 0.546. The number of hydrogen-bond acceptors (Lipinski definition) is 2. The van der Waals surface area contributed by atoms with Gasteiger partial charge in [-0.3, -0.25) is 0 Å². The molecule has 0 spiro atoms. The normalized spacial score (nSPS) is 15.7. The molecule has 21 heavy (non-hydrogen) atoms. The van der Waals surface area contributed by atoms with E-state index in [1.165, 1.54) is 6.07 Å². The van der Waals surface area contributed by atoms with Crippen molar-refractivity contribution in [3.05, 3.63) is 64.5 Å². The Kier molecular flexibility index (Phi) is 5.03. The second-order valence-electron chi connectivity index (χ2n) is 4.65.